The molecule has 0 bridgehead atoms. The molecule has 0 saturated heterocycles. The first-order valence-corrected chi connectivity index (χ1v) is 5.18. The number of hydrogen-bond donors (Lipinski definition) is 0. The van der Waals surface area contributed by atoms with Gasteiger partial charge in [-0.15, -0.1) is 0 Å². The lowest BCUT2D eigenvalue weighted by Crippen LogP contribution is -2.41. The molecule has 0 aliphatic rings. The lowest BCUT2D eigenvalue weighted by Gasteiger charge is -2.25. The van der Waals surface area contributed by atoms with Crippen molar-refractivity contribution in [1.82, 2.24) is 4.90 Å². The van der Waals surface area contributed by atoms with E-state index in [4.69, 9.17) is 11.3 Å². The van der Waals surface area contributed by atoms with Gasteiger partial charge in [0.2, 0.25) is 6.54 Å². The SMILES string of the molecule is [C-]#[N+]CCN(CC(=O)OC)C(=O)OC(C)(C)C. The monoisotopic (exact) mass is 242 g/mol. The van der Waals surface area contributed by atoms with E-state index in [0.717, 1.165) is 4.90 Å². The molecule has 0 rings (SSSR count). The van der Waals surface area contributed by atoms with Crippen molar-refractivity contribution in [1.29, 1.82) is 0 Å². The maximum absolute atomic E-state index is 11.7. The fraction of sp³-hybridized carbons (Fsp3) is 0.727. The number of hydrogen-bond acceptors (Lipinski definition) is 4. The highest BCUT2D eigenvalue weighted by atomic mass is 16.6. The maximum atomic E-state index is 11.7. The standard InChI is InChI=1S/C11H18N2O4/c1-11(2,3)17-10(15)13(7-6-12-4)8-9(14)16-5/h6-8H2,1-3,5H3. The lowest BCUT2D eigenvalue weighted by atomic mass is 10.2. The van der Waals surface area contributed by atoms with Crippen LogP contribution in [-0.2, 0) is 14.3 Å². The van der Waals surface area contributed by atoms with Gasteiger partial charge in [-0.05, 0) is 20.8 Å². The summed E-state index contributed by atoms with van der Waals surface area (Å²) in [7, 11) is 1.24. The van der Waals surface area contributed by atoms with E-state index >= 15 is 0 Å². The van der Waals surface area contributed by atoms with Crippen LogP contribution >= 0.6 is 0 Å². The fourth-order valence-electron chi connectivity index (χ4n) is 0.952. The number of esters is 1. The Balaban J connectivity index is 4.51. The molecule has 17 heavy (non-hydrogen) atoms. The normalized spacial score (nSPS) is 10.3. The Morgan fingerprint density at radius 3 is 2.35 bits per heavy atom. The van der Waals surface area contributed by atoms with E-state index in [1.165, 1.54) is 7.11 Å². The zero-order valence-corrected chi connectivity index (χ0v) is 10.6. The van der Waals surface area contributed by atoms with Crippen LogP contribution in [-0.4, -0.2) is 49.3 Å². The predicted molar refractivity (Wildman–Crippen MR) is 61.3 cm³/mol. The molecule has 0 aliphatic heterocycles. The van der Waals surface area contributed by atoms with E-state index in [1.54, 1.807) is 20.8 Å². The molecule has 0 saturated carbocycles. The summed E-state index contributed by atoms with van der Waals surface area (Å²) in [6, 6.07) is 0. The van der Waals surface area contributed by atoms with E-state index in [-0.39, 0.29) is 19.6 Å². The van der Waals surface area contributed by atoms with Crippen LogP contribution in [0.25, 0.3) is 4.85 Å². The highest BCUT2D eigenvalue weighted by Crippen LogP contribution is 2.09. The Labute approximate surface area is 101 Å². The van der Waals surface area contributed by atoms with Crippen molar-refractivity contribution >= 4 is 12.1 Å². The van der Waals surface area contributed by atoms with Crippen molar-refractivity contribution < 1.29 is 19.1 Å². The second kappa shape index (κ2) is 6.74. The minimum absolute atomic E-state index is 0.121. The van der Waals surface area contributed by atoms with Gasteiger partial charge in [0.15, 0.2) is 0 Å². The molecule has 96 valence electrons. The van der Waals surface area contributed by atoms with Gasteiger partial charge in [-0.1, -0.05) is 0 Å². The molecule has 0 aromatic heterocycles. The van der Waals surface area contributed by atoms with Gasteiger partial charge in [-0.3, -0.25) is 9.69 Å². The molecule has 1 amide bonds. The van der Waals surface area contributed by atoms with Crippen LogP contribution in [0.3, 0.4) is 0 Å². The van der Waals surface area contributed by atoms with Crippen molar-refractivity contribution in [3.05, 3.63) is 11.4 Å². The number of carbonyl (C=O) groups excluding carboxylic acids is 2. The number of ether oxygens (including phenoxy) is 2. The molecule has 0 N–H and O–H groups in total. The molecule has 0 unspecified atom stereocenters. The van der Waals surface area contributed by atoms with Crippen molar-refractivity contribution in [2.24, 2.45) is 0 Å². The van der Waals surface area contributed by atoms with Gasteiger partial charge in [-0.2, -0.15) is 0 Å². The summed E-state index contributed by atoms with van der Waals surface area (Å²) in [6.07, 6.45) is -0.619. The van der Waals surface area contributed by atoms with E-state index in [1.807, 2.05) is 0 Å². The summed E-state index contributed by atoms with van der Waals surface area (Å²) < 4.78 is 9.59. The van der Waals surface area contributed by atoms with Crippen LogP contribution < -0.4 is 0 Å². The van der Waals surface area contributed by atoms with Gasteiger partial charge in [0.25, 0.3) is 0 Å². The summed E-state index contributed by atoms with van der Waals surface area (Å²) in [5.41, 5.74) is -0.635. The quantitative estimate of drug-likeness (QED) is 0.551. The van der Waals surface area contributed by atoms with Crippen molar-refractivity contribution in [2.45, 2.75) is 26.4 Å². The minimum atomic E-state index is -0.635. The largest absolute Gasteiger partial charge is 0.468 e. The van der Waals surface area contributed by atoms with E-state index < -0.39 is 17.7 Å². The Kier molecular flexibility index (Phi) is 6.03. The van der Waals surface area contributed by atoms with Crippen LogP contribution in [0.15, 0.2) is 0 Å². The van der Waals surface area contributed by atoms with Crippen LogP contribution in [0.2, 0.25) is 0 Å². The Hall–Kier alpha value is -1.77. The maximum Gasteiger partial charge on any atom is 0.411 e. The smallest absolute Gasteiger partial charge is 0.411 e. The van der Waals surface area contributed by atoms with Crippen LogP contribution in [0, 0.1) is 6.57 Å². The number of amides is 1. The first-order chi connectivity index (χ1) is 7.80. The van der Waals surface area contributed by atoms with Crippen molar-refractivity contribution in [3.63, 3.8) is 0 Å². The van der Waals surface area contributed by atoms with E-state index in [2.05, 4.69) is 9.58 Å². The molecule has 0 aromatic carbocycles. The summed E-state index contributed by atoms with van der Waals surface area (Å²) >= 11 is 0. The third-order valence-corrected chi connectivity index (χ3v) is 1.68. The molecular weight excluding hydrogens is 224 g/mol. The lowest BCUT2D eigenvalue weighted by molar-refractivity contribution is -0.141. The Morgan fingerprint density at radius 1 is 1.35 bits per heavy atom. The average molecular weight is 242 g/mol. The molecule has 6 nitrogen and oxygen atoms in total. The molecule has 0 aromatic rings. The van der Waals surface area contributed by atoms with Crippen LogP contribution in [0.4, 0.5) is 4.79 Å². The average Bonchev–Trinajstić information content (AvgIpc) is 2.21. The van der Waals surface area contributed by atoms with Crippen LogP contribution in [0.5, 0.6) is 0 Å². The van der Waals surface area contributed by atoms with Gasteiger partial charge in [0, 0.05) is 0 Å². The second-order valence-electron chi connectivity index (χ2n) is 4.36. The Bertz CT molecular complexity index is 314. The van der Waals surface area contributed by atoms with Gasteiger partial charge in [0.1, 0.15) is 12.1 Å². The van der Waals surface area contributed by atoms with Gasteiger partial charge in [-0.25, -0.2) is 11.4 Å². The molecule has 0 atom stereocenters. The molecule has 6 heteroatoms. The highest BCUT2D eigenvalue weighted by Gasteiger charge is 2.24. The molecule has 0 radical (unpaired) electrons. The summed E-state index contributed by atoms with van der Waals surface area (Å²) in [4.78, 5) is 27.1. The third kappa shape index (κ3) is 7.17. The topological polar surface area (TPSA) is 60.2 Å². The molecular formula is C11H18N2O4. The van der Waals surface area contributed by atoms with Crippen molar-refractivity contribution in [2.75, 3.05) is 26.7 Å². The molecule has 0 fully saturated rings. The van der Waals surface area contributed by atoms with Crippen LogP contribution in [0.1, 0.15) is 20.8 Å². The van der Waals surface area contributed by atoms with Crippen molar-refractivity contribution in [3.8, 4) is 0 Å². The number of nitrogens with zero attached hydrogens (tertiary/aromatic N) is 2. The zero-order valence-electron chi connectivity index (χ0n) is 10.6. The second-order valence-corrected chi connectivity index (χ2v) is 4.36. The zero-order chi connectivity index (χ0) is 13.5. The van der Waals surface area contributed by atoms with Gasteiger partial charge < -0.3 is 14.3 Å². The first-order valence-electron chi connectivity index (χ1n) is 5.18. The summed E-state index contributed by atoms with van der Waals surface area (Å²) in [6.45, 7) is 11.9. The number of rotatable bonds is 4. The number of methoxy groups -OCH3 is 1. The van der Waals surface area contributed by atoms with E-state index in [0.29, 0.717) is 0 Å². The molecule has 0 aliphatic carbocycles. The summed E-state index contributed by atoms with van der Waals surface area (Å²) in [5, 5.41) is 0. The molecule has 0 heterocycles. The fourth-order valence-corrected chi connectivity index (χ4v) is 0.952. The number of carbonyl (C=O) groups is 2. The van der Waals surface area contributed by atoms with Gasteiger partial charge >= 0.3 is 12.1 Å². The summed E-state index contributed by atoms with van der Waals surface area (Å²) in [5.74, 6) is -0.541. The highest BCUT2D eigenvalue weighted by molar-refractivity contribution is 5.78. The first kappa shape index (κ1) is 15.2. The predicted octanol–water partition coefficient (Wildman–Crippen LogP) is 1.32. The third-order valence-electron chi connectivity index (χ3n) is 1.68. The molecule has 0 spiro atoms. The Morgan fingerprint density at radius 2 is 1.94 bits per heavy atom. The minimum Gasteiger partial charge on any atom is -0.468 e. The van der Waals surface area contributed by atoms with Gasteiger partial charge in [0.05, 0.1) is 13.7 Å². The van der Waals surface area contributed by atoms with E-state index in [9.17, 15) is 9.59 Å².